The van der Waals surface area contributed by atoms with Crippen molar-refractivity contribution in [2.24, 2.45) is 0 Å². The van der Waals surface area contributed by atoms with Crippen molar-refractivity contribution in [1.29, 1.82) is 0 Å². The lowest BCUT2D eigenvalue weighted by molar-refractivity contribution is -0.137. The summed E-state index contributed by atoms with van der Waals surface area (Å²) in [5, 5.41) is 4.16. The Morgan fingerprint density at radius 1 is 1.04 bits per heavy atom. The molecule has 1 aromatic heterocycles. The molecule has 0 saturated carbocycles. The Balaban J connectivity index is 1.93. The summed E-state index contributed by atoms with van der Waals surface area (Å²) in [5.74, 6) is 0. The maximum Gasteiger partial charge on any atom is 0.416 e. The predicted molar refractivity (Wildman–Crippen MR) is 90.6 cm³/mol. The molecule has 0 aliphatic carbocycles. The number of nitrogens with one attached hydrogen (secondary N) is 1. The van der Waals surface area contributed by atoms with Gasteiger partial charge in [0.05, 0.1) is 23.1 Å². The van der Waals surface area contributed by atoms with Gasteiger partial charge in [-0.2, -0.15) is 18.3 Å². The molecular weight excluding hydrogens is 367 g/mol. The van der Waals surface area contributed by atoms with Gasteiger partial charge in [-0.3, -0.25) is 4.72 Å². The number of halogens is 3. The predicted octanol–water partition coefficient (Wildman–Crippen LogP) is 4.00. The fourth-order valence-corrected chi connectivity index (χ4v) is 3.61. The number of hydrogen-bond donors (Lipinski definition) is 1. The van der Waals surface area contributed by atoms with Crippen molar-refractivity contribution in [1.82, 2.24) is 9.78 Å². The molecular formula is C17H14F3N3O2S. The van der Waals surface area contributed by atoms with Gasteiger partial charge in [0.15, 0.2) is 0 Å². The molecule has 1 heterocycles. The van der Waals surface area contributed by atoms with Gasteiger partial charge >= 0.3 is 6.18 Å². The summed E-state index contributed by atoms with van der Waals surface area (Å²) < 4.78 is 67.1. The summed E-state index contributed by atoms with van der Waals surface area (Å²) in [5.41, 5.74) is -0.217. The number of para-hydroxylation sites is 1. The van der Waals surface area contributed by atoms with Crippen molar-refractivity contribution in [3.8, 4) is 5.69 Å². The molecule has 3 aromatic rings. The zero-order valence-corrected chi connectivity index (χ0v) is 14.3. The number of aromatic nitrogens is 2. The van der Waals surface area contributed by atoms with Crippen LogP contribution in [0, 0.1) is 6.92 Å². The molecule has 0 aliphatic rings. The second-order valence-electron chi connectivity index (χ2n) is 5.54. The lowest BCUT2D eigenvalue weighted by Gasteiger charge is -2.10. The number of rotatable bonds is 4. The molecule has 26 heavy (non-hydrogen) atoms. The normalized spacial score (nSPS) is 12.2. The highest BCUT2D eigenvalue weighted by atomic mass is 32.2. The zero-order chi connectivity index (χ0) is 18.9. The molecule has 0 fully saturated rings. The molecule has 9 heteroatoms. The molecule has 0 amide bonds. The van der Waals surface area contributed by atoms with Gasteiger partial charge in [0.1, 0.15) is 4.90 Å². The van der Waals surface area contributed by atoms with E-state index in [2.05, 4.69) is 9.82 Å². The Morgan fingerprint density at radius 3 is 2.38 bits per heavy atom. The maximum atomic E-state index is 12.8. The van der Waals surface area contributed by atoms with Crippen molar-refractivity contribution in [2.45, 2.75) is 18.0 Å². The molecule has 0 unspecified atom stereocenters. The van der Waals surface area contributed by atoms with E-state index in [4.69, 9.17) is 0 Å². The monoisotopic (exact) mass is 381 g/mol. The number of anilines is 1. The van der Waals surface area contributed by atoms with Crippen LogP contribution in [0.15, 0.2) is 65.7 Å². The van der Waals surface area contributed by atoms with Gasteiger partial charge in [-0.1, -0.05) is 24.3 Å². The molecule has 136 valence electrons. The van der Waals surface area contributed by atoms with Crippen LogP contribution in [0.1, 0.15) is 11.3 Å². The highest BCUT2D eigenvalue weighted by Gasteiger charge is 2.31. The third-order valence-electron chi connectivity index (χ3n) is 3.61. The molecule has 0 saturated heterocycles. The fourth-order valence-electron chi connectivity index (χ4n) is 2.39. The van der Waals surface area contributed by atoms with Gasteiger partial charge < -0.3 is 0 Å². The van der Waals surface area contributed by atoms with Crippen molar-refractivity contribution >= 4 is 15.7 Å². The van der Waals surface area contributed by atoms with Gasteiger partial charge in [-0.25, -0.2) is 13.1 Å². The smallest absolute Gasteiger partial charge is 0.280 e. The van der Waals surface area contributed by atoms with Gasteiger partial charge in [-0.15, -0.1) is 0 Å². The van der Waals surface area contributed by atoms with Gasteiger partial charge in [-0.05, 0) is 37.3 Å². The average Bonchev–Trinajstić information content (AvgIpc) is 2.98. The Bertz CT molecular complexity index is 1030. The minimum atomic E-state index is -4.56. The van der Waals surface area contributed by atoms with E-state index in [0.29, 0.717) is 5.69 Å². The molecule has 0 radical (unpaired) electrons. The van der Waals surface area contributed by atoms with Gasteiger partial charge in [0.2, 0.25) is 0 Å². The lowest BCUT2D eigenvalue weighted by Crippen LogP contribution is -2.14. The van der Waals surface area contributed by atoms with Crippen molar-refractivity contribution in [3.63, 3.8) is 0 Å². The van der Waals surface area contributed by atoms with E-state index in [0.717, 1.165) is 18.2 Å². The van der Waals surface area contributed by atoms with Gasteiger partial charge in [0, 0.05) is 5.69 Å². The van der Waals surface area contributed by atoms with Crippen LogP contribution in [0.2, 0.25) is 0 Å². The largest absolute Gasteiger partial charge is 0.416 e. The van der Waals surface area contributed by atoms with E-state index in [9.17, 15) is 21.6 Å². The van der Waals surface area contributed by atoms with Crippen molar-refractivity contribution < 1.29 is 21.6 Å². The van der Waals surface area contributed by atoms with Crippen LogP contribution < -0.4 is 4.72 Å². The summed E-state index contributed by atoms with van der Waals surface area (Å²) in [6, 6.07) is 12.9. The molecule has 1 N–H and O–H groups in total. The first-order valence-corrected chi connectivity index (χ1v) is 8.97. The number of alkyl halides is 3. The summed E-state index contributed by atoms with van der Waals surface area (Å²) in [4.78, 5) is -0.112. The summed E-state index contributed by atoms with van der Waals surface area (Å²) in [7, 11) is -4.09. The van der Waals surface area contributed by atoms with Crippen LogP contribution in [0.25, 0.3) is 5.69 Å². The Morgan fingerprint density at radius 2 is 1.73 bits per heavy atom. The molecule has 0 spiro atoms. The molecule has 2 aromatic carbocycles. The number of sulfonamides is 1. The van der Waals surface area contributed by atoms with Gasteiger partial charge in [0.25, 0.3) is 10.0 Å². The highest BCUT2D eigenvalue weighted by Crippen LogP contribution is 2.31. The van der Waals surface area contributed by atoms with Crippen molar-refractivity contribution in [2.75, 3.05) is 4.72 Å². The standard InChI is InChI=1S/C17H14F3N3O2S/c1-12-16(11-23(21-12)15-8-3-2-4-9-15)26(24,25)22-14-7-5-6-13(10-14)17(18,19)20/h2-11,22H,1H3. The molecule has 0 atom stereocenters. The second-order valence-corrected chi connectivity index (χ2v) is 7.19. The van der Waals surface area contributed by atoms with E-state index in [1.165, 1.54) is 23.9 Å². The number of aryl methyl sites for hydroxylation is 1. The van der Waals surface area contributed by atoms with E-state index >= 15 is 0 Å². The second kappa shape index (κ2) is 6.49. The number of benzene rings is 2. The minimum absolute atomic E-state index is 0.112. The first-order valence-electron chi connectivity index (χ1n) is 7.48. The number of nitrogens with zero attached hydrogens (tertiary/aromatic N) is 2. The molecule has 0 bridgehead atoms. The third kappa shape index (κ3) is 3.72. The summed E-state index contributed by atoms with van der Waals surface area (Å²) >= 11 is 0. The quantitative estimate of drug-likeness (QED) is 0.743. The number of hydrogen-bond acceptors (Lipinski definition) is 3. The zero-order valence-electron chi connectivity index (χ0n) is 13.5. The van der Waals surface area contributed by atoms with Crippen LogP contribution in [0.3, 0.4) is 0 Å². The minimum Gasteiger partial charge on any atom is -0.280 e. The summed E-state index contributed by atoms with van der Waals surface area (Å²) in [6.07, 6.45) is -3.24. The Hall–Kier alpha value is -2.81. The first-order chi connectivity index (χ1) is 12.2. The van der Waals surface area contributed by atoms with Crippen LogP contribution >= 0.6 is 0 Å². The van der Waals surface area contributed by atoms with Crippen LogP contribution in [0.5, 0.6) is 0 Å². The average molecular weight is 381 g/mol. The van der Waals surface area contributed by atoms with E-state index < -0.39 is 21.8 Å². The van der Waals surface area contributed by atoms with Crippen LogP contribution in [0.4, 0.5) is 18.9 Å². The Labute approximate surface area is 148 Å². The van der Waals surface area contributed by atoms with E-state index in [1.807, 2.05) is 6.07 Å². The lowest BCUT2D eigenvalue weighted by atomic mass is 10.2. The maximum absolute atomic E-state index is 12.8. The third-order valence-corrected chi connectivity index (χ3v) is 5.09. The Kier molecular flexibility index (Phi) is 4.49. The first kappa shape index (κ1) is 18.0. The fraction of sp³-hybridized carbons (Fsp3) is 0.118. The highest BCUT2D eigenvalue weighted by molar-refractivity contribution is 7.92. The SMILES string of the molecule is Cc1nn(-c2ccccc2)cc1S(=O)(=O)Nc1cccc(C(F)(F)F)c1. The van der Waals surface area contributed by atoms with Crippen molar-refractivity contribution in [3.05, 3.63) is 72.1 Å². The molecule has 3 rings (SSSR count). The summed E-state index contributed by atoms with van der Waals surface area (Å²) in [6.45, 7) is 1.51. The van der Waals surface area contributed by atoms with E-state index in [1.54, 1.807) is 24.3 Å². The molecule has 5 nitrogen and oxygen atoms in total. The van der Waals surface area contributed by atoms with E-state index in [-0.39, 0.29) is 16.3 Å². The molecule has 0 aliphatic heterocycles. The topological polar surface area (TPSA) is 64.0 Å². The van der Waals surface area contributed by atoms with Crippen LogP contribution in [-0.2, 0) is 16.2 Å². The van der Waals surface area contributed by atoms with Crippen LogP contribution in [-0.4, -0.2) is 18.2 Å².